The van der Waals surface area contributed by atoms with Gasteiger partial charge in [-0.3, -0.25) is 4.79 Å². The van der Waals surface area contributed by atoms with Crippen molar-refractivity contribution in [3.05, 3.63) is 24.3 Å². The number of carbonyl (C=O) groups excluding carboxylic acids is 1. The first-order valence-corrected chi connectivity index (χ1v) is 7.95. The monoisotopic (exact) mass is 320 g/mol. The first-order chi connectivity index (χ1) is 9.73. The van der Waals surface area contributed by atoms with E-state index in [2.05, 4.69) is 5.32 Å². The molecule has 0 aliphatic rings. The van der Waals surface area contributed by atoms with Gasteiger partial charge >= 0.3 is 5.76 Å². The molecule has 0 saturated heterocycles. The SMILES string of the molecule is CC(N)CCCC(=O)Nc1ccc(S(=O)(=O)C(F)F)cc1. The summed E-state index contributed by atoms with van der Waals surface area (Å²) in [5, 5.41) is 2.56. The average molecular weight is 320 g/mol. The maximum absolute atomic E-state index is 12.3. The molecule has 1 atom stereocenters. The van der Waals surface area contributed by atoms with E-state index in [9.17, 15) is 22.0 Å². The maximum atomic E-state index is 12.3. The quantitative estimate of drug-likeness (QED) is 0.805. The van der Waals surface area contributed by atoms with E-state index in [-0.39, 0.29) is 11.9 Å². The zero-order valence-electron chi connectivity index (χ0n) is 11.6. The number of halogens is 2. The topological polar surface area (TPSA) is 89.3 Å². The van der Waals surface area contributed by atoms with Gasteiger partial charge in [0, 0.05) is 18.2 Å². The Morgan fingerprint density at radius 3 is 2.33 bits per heavy atom. The van der Waals surface area contributed by atoms with Crippen LogP contribution in [0, 0.1) is 0 Å². The van der Waals surface area contributed by atoms with Crippen LogP contribution in [0.15, 0.2) is 29.2 Å². The molecule has 5 nitrogen and oxygen atoms in total. The molecular weight excluding hydrogens is 302 g/mol. The summed E-state index contributed by atoms with van der Waals surface area (Å²) in [7, 11) is -4.61. The number of hydrogen-bond donors (Lipinski definition) is 2. The van der Waals surface area contributed by atoms with Crippen LogP contribution >= 0.6 is 0 Å². The van der Waals surface area contributed by atoms with E-state index >= 15 is 0 Å². The van der Waals surface area contributed by atoms with Gasteiger partial charge < -0.3 is 11.1 Å². The second-order valence-corrected chi connectivity index (χ2v) is 6.67. The minimum absolute atomic E-state index is 0.0247. The van der Waals surface area contributed by atoms with E-state index in [1.165, 1.54) is 12.1 Å². The minimum atomic E-state index is -4.61. The lowest BCUT2D eigenvalue weighted by Gasteiger charge is -2.08. The van der Waals surface area contributed by atoms with Crippen molar-refractivity contribution in [3.8, 4) is 0 Å². The fraction of sp³-hybridized carbons (Fsp3) is 0.462. The lowest BCUT2D eigenvalue weighted by molar-refractivity contribution is -0.116. The molecule has 1 amide bonds. The van der Waals surface area contributed by atoms with E-state index in [0.29, 0.717) is 18.5 Å². The summed E-state index contributed by atoms with van der Waals surface area (Å²) < 4.78 is 47.1. The molecule has 21 heavy (non-hydrogen) atoms. The van der Waals surface area contributed by atoms with Gasteiger partial charge in [0.2, 0.25) is 15.7 Å². The predicted octanol–water partition coefficient (Wildman–Crippen LogP) is 2.14. The van der Waals surface area contributed by atoms with Crippen molar-refractivity contribution in [1.29, 1.82) is 0 Å². The fourth-order valence-corrected chi connectivity index (χ4v) is 2.36. The van der Waals surface area contributed by atoms with Crippen LogP contribution in [0.5, 0.6) is 0 Å². The molecule has 0 saturated carbocycles. The summed E-state index contributed by atoms with van der Waals surface area (Å²) in [6.45, 7) is 1.85. The molecule has 0 heterocycles. The van der Waals surface area contributed by atoms with Crippen LogP contribution in [0.1, 0.15) is 26.2 Å². The number of alkyl halides is 2. The van der Waals surface area contributed by atoms with Crippen LogP contribution < -0.4 is 11.1 Å². The number of benzene rings is 1. The van der Waals surface area contributed by atoms with E-state index in [1.54, 1.807) is 0 Å². The highest BCUT2D eigenvalue weighted by Crippen LogP contribution is 2.20. The van der Waals surface area contributed by atoms with Crippen LogP contribution in [0.4, 0.5) is 14.5 Å². The van der Waals surface area contributed by atoms with E-state index in [4.69, 9.17) is 5.73 Å². The number of amides is 1. The highest BCUT2D eigenvalue weighted by molar-refractivity contribution is 7.91. The molecule has 0 aliphatic carbocycles. The standard InChI is InChI=1S/C13H18F2N2O3S/c1-9(16)3-2-4-12(18)17-10-5-7-11(8-6-10)21(19,20)13(14)15/h5-9,13H,2-4,16H2,1H3,(H,17,18). The third-order valence-corrected chi connectivity index (χ3v) is 4.16. The molecule has 0 aromatic heterocycles. The second kappa shape index (κ2) is 7.46. The number of rotatable bonds is 7. The Bertz CT molecular complexity index is 572. The third-order valence-electron chi connectivity index (χ3n) is 2.76. The first-order valence-electron chi connectivity index (χ1n) is 6.41. The largest absolute Gasteiger partial charge is 0.341 e. The molecular formula is C13H18F2N2O3S. The lowest BCUT2D eigenvalue weighted by Crippen LogP contribution is -2.17. The zero-order valence-corrected chi connectivity index (χ0v) is 12.4. The Balaban J connectivity index is 2.61. The second-order valence-electron chi connectivity index (χ2n) is 4.75. The van der Waals surface area contributed by atoms with Gasteiger partial charge in [0.05, 0.1) is 4.90 Å². The van der Waals surface area contributed by atoms with Crippen LogP contribution in [0.3, 0.4) is 0 Å². The van der Waals surface area contributed by atoms with Crippen molar-refractivity contribution in [2.45, 2.75) is 42.9 Å². The van der Waals surface area contributed by atoms with Crippen LogP contribution in [0.25, 0.3) is 0 Å². The smallest absolute Gasteiger partial charge is 0.328 e. The van der Waals surface area contributed by atoms with Gasteiger partial charge in [0.1, 0.15) is 0 Å². The number of carbonyl (C=O) groups is 1. The lowest BCUT2D eigenvalue weighted by atomic mass is 10.1. The van der Waals surface area contributed by atoms with E-state index < -0.39 is 20.5 Å². The number of hydrogen-bond acceptors (Lipinski definition) is 4. The summed E-state index contributed by atoms with van der Waals surface area (Å²) in [5.41, 5.74) is 5.92. The summed E-state index contributed by atoms with van der Waals surface area (Å²) in [6, 6.07) is 4.66. The maximum Gasteiger partial charge on any atom is 0.341 e. The summed E-state index contributed by atoms with van der Waals surface area (Å²) >= 11 is 0. The molecule has 1 unspecified atom stereocenters. The van der Waals surface area contributed by atoms with Crippen molar-refractivity contribution in [3.63, 3.8) is 0 Å². The molecule has 0 spiro atoms. The zero-order chi connectivity index (χ0) is 16.0. The van der Waals surface area contributed by atoms with Gasteiger partial charge in [-0.2, -0.15) is 8.78 Å². The Hall–Kier alpha value is -1.54. The third kappa shape index (κ3) is 5.39. The van der Waals surface area contributed by atoms with Crippen LogP contribution in [-0.4, -0.2) is 26.1 Å². The minimum Gasteiger partial charge on any atom is -0.328 e. The van der Waals surface area contributed by atoms with Crippen molar-refractivity contribution >= 4 is 21.4 Å². The van der Waals surface area contributed by atoms with E-state index in [1.807, 2.05) is 6.92 Å². The van der Waals surface area contributed by atoms with Crippen molar-refractivity contribution in [1.82, 2.24) is 0 Å². The Kier molecular flexibility index (Phi) is 6.22. The van der Waals surface area contributed by atoms with Crippen LogP contribution in [-0.2, 0) is 14.6 Å². The Labute approximate surface area is 122 Å². The molecule has 1 aromatic rings. The molecule has 1 rings (SSSR count). The van der Waals surface area contributed by atoms with Crippen molar-refractivity contribution in [2.75, 3.05) is 5.32 Å². The molecule has 1 aromatic carbocycles. The number of nitrogens with one attached hydrogen (secondary N) is 1. The number of nitrogens with two attached hydrogens (primary N) is 1. The van der Waals surface area contributed by atoms with Gasteiger partial charge in [0.15, 0.2) is 0 Å². The highest BCUT2D eigenvalue weighted by atomic mass is 32.2. The van der Waals surface area contributed by atoms with Gasteiger partial charge in [-0.1, -0.05) is 0 Å². The van der Waals surface area contributed by atoms with Gasteiger partial charge in [-0.05, 0) is 44.0 Å². The summed E-state index contributed by atoms with van der Waals surface area (Å²) in [4.78, 5) is 11.1. The van der Waals surface area contributed by atoms with Crippen LogP contribution in [0.2, 0.25) is 0 Å². The normalized spacial score (nSPS) is 13.2. The Morgan fingerprint density at radius 2 is 1.86 bits per heavy atom. The van der Waals surface area contributed by atoms with Crippen molar-refractivity contribution < 1.29 is 22.0 Å². The summed E-state index contributed by atoms with van der Waals surface area (Å²) in [5.74, 6) is -3.70. The predicted molar refractivity (Wildman–Crippen MR) is 75.8 cm³/mol. The molecule has 0 radical (unpaired) electrons. The number of anilines is 1. The van der Waals surface area contributed by atoms with E-state index in [0.717, 1.165) is 18.6 Å². The van der Waals surface area contributed by atoms with Gasteiger partial charge in [-0.25, -0.2) is 8.42 Å². The molecule has 0 fully saturated rings. The average Bonchev–Trinajstić information content (AvgIpc) is 2.38. The Morgan fingerprint density at radius 1 is 1.29 bits per heavy atom. The molecule has 0 aliphatic heterocycles. The first kappa shape index (κ1) is 17.5. The number of sulfone groups is 1. The highest BCUT2D eigenvalue weighted by Gasteiger charge is 2.26. The van der Waals surface area contributed by atoms with Gasteiger partial charge in [-0.15, -0.1) is 0 Å². The molecule has 3 N–H and O–H groups in total. The molecule has 0 bridgehead atoms. The molecule has 118 valence electrons. The van der Waals surface area contributed by atoms with Gasteiger partial charge in [0.25, 0.3) is 0 Å². The summed E-state index contributed by atoms with van der Waals surface area (Å²) in [6.07, 6.45) is 1.65. The van der Waals surface area contributed by atoms with Crippen molar-refractivity contribution in [2.24, 2.45) is 5.73 Å². The molecule has 8 heteroatoms. The fourth-order valence-electron chi connectivity index (χ4n) is 1.64.